The number of pyridine rings is 1. The van der Waals surface area contributed by atoms with Gasteiger partial charge in [0.2, 0.25) is 0 Å². The summed E-state index contributed by atoms with van der Waals surface area (Å²) in [5.41, 5.74) is 0. The molecule has 134 valence electrons. The van der Waals surface area contributed by atoms with Crippen LogP contribution in [-0.2, 0) is 4.74 Å². The lowest BCUT2D eigenvalue weighted by molar-refractivity contribution is -0.0174. The molecule has 1 atom stereocenters. The number of amides is 2. The van der Waals surface area contributed by atoms with Crippen molar-refractivity contribution in [1.82, 2.24) is 25.0 Å². The Balaban J connectivity index is 1.46. The Morgan fingerprint density at radius 1 is 1.48 bits per heavy atom. The fourth-order valence-electron chi connectivity index (χ4n) is 2.64. The Bertz CT molecular complexity index is 722. The number of hydrogen-bond acceptors (Lipinski definition) is 5. The first-order valence-electron chi connectivity index (χ1n) is 8.17. The number of anilines is 1. The molecule has 3 rings (SSSR count). The van der Waals surface area contributed by atoms with Crippen LogP contribution in [0.3, 0.4) is 0 Å². The van der Waals surface area contributed by atoms with Crippen molar-refractivity contribution in [2.24, 2.45) is 0 Å². The van der Waals surface area contributed by atoms with Crippen molar-refractivity contribution in [2.75, 3.05) is 38.1 Å². The standard InChI is InChI=1S/C16H21FN6O2/c1-12-11-22(9-10-25-12)8-6-19-16(24)20-14-4-7-23(21-14)15-13(17)3-2-5-18-15/h2-5,7,12H,6,8-11H2,1H3,(H2,19,20,21,24). The van der Waals surface area contributed by atoms with Crippen molar-refractivity contribution in [3.63, 3.8) is 0 Å². The predicted molar refractivity (Wildman–Crippen MR) is 90.2 cm³/mol. The molecule has 2 aromatic rings. The van der Waals surface area contributed by atoms with Crippen molar-refractivity contribution >= 4 is 11.8 Å². The van der Waals surface area contributed by atoms with Gasteiger partial charge in [-0.3, -0.25) is 10.2 Å². The second kappa shape index (κ2) is 8.04. The predicted octanol–water partition coefficient (Wildman–Crippen LogP) is 1.25. The lowest BCUT2D eigenvalue weighted by Gasteiger charge is -2.30. The summed E-state index contributed by atoms with van der Waals surface area (Å²) >= 11 is 0. The maximum absolute atomic E-state index is 13.7. The molecule has 25 heavy (non-hydrogen) atoms. The van der Waals surface area contributed by atoms with Gasteiger partial charge in [0.15, 0.2) is 17.5 Å². The molecular formula is C16H21FN6O2. The van der Waals surface area contributed by atoms with Crippen molar-refractivity contribution in [1.29, 1.82) is 0 Å². The minimum atomic E-state index is -0.485. The number of morpholine rings is 1. The number of rotatable bonds is 5. The molecule has 1 fully saturated rings. The van der Waals surface area contributed by atoms with Gasteiger partial charge >= 0.3 is 6.03 Å². The average molecular weight is 348 g/mol. The first-order chi connectivity index (χ1) is 12.1. The Kier molecular flexibility index (Phi) is 5.56. The first-order valence-corrected chi connectivity index (χ1v) is 8.17. The number of nitrogens with one attached hydrogen (secondary N) is 2. The summed E-state index contributed by atoms with van der Waals surface area (Å²) in [5.74, 6) is -0.0821. The second-order valence-corrected chi connectivity index (χ2v) is 5.82. The van der Waals surface area contributed by atoms with Gasteiger partial charge in [-0.05, 0) is 19.1 Å². The van der Waals surface area contributed by atoms with E-state index < -0.39 is 5.82 Å². The van der Waals surface area contributed by atoms with E-state index >= 15 is 0 Å². The third kappa shape index (κ3) is 4.74. The molecule has 1 aliphatic heterocycles. The molecule has 8 nitrogen and oxygen atoms in total. The van der Waals surface area contributed by atoms with Gasteiger partial charge in [0.25, 0.3) is 0 Å². The Morgan fingerprint density at radius 3 is 3.16 bits per heavy atom. The number of urea groups is 1. The first kappa shape index (κ1) is 17.3. The molecule has 0 bridgehead atoms. The highest BCUT2D eigenvalue weighted by atomic mass is 19.1. The van der Waals surface area contributed by atoms with E-state index in [0.717, 1.165) is 26.2 Å². The van der Waals surface area contributed by atoms with Crippen LogP contribution in [0.2, 0.25) is 0 Å². The van der Waals surface area contributed by atoms with Gasteiger partial charge in [-0.2, -0.15) is 0 Å². The monoisotopic (exact) mass is 348 g/mol. The molecule has 2 amide bonds. The quantitative estimate of drug-likeness (QED) is 0.850. The van der Waals surface area contributed by atoms with Gasteiger partial charge in [0.1, 0.15) is 0 Å². The molecule has 1 aliphatic rings. The molecule has 0 aliphatic carbocycles. The summed E-state index contributed by atoms with van der Waals surface area (Å²) in [4.78, 5) is 18.1. The zero-order valence-corrected chi connectivity index (χ0v) is 14.0. The molecule has 2 N–H and O–H groups in total. The number of halogens is 1. The minimum absolute atomic E-state index is 0.0809. The number of ether oxygens (including phenoxy) is 1. The third-order valence-corrected chi connectivity index (χ3v) is 3.83. The van der Waals surface area contributed by atoms with Gasteiger partial charge in [-0.1, -0.05) is 0 Å². The van der Waals surface area contributed by atoms with Crippen LogP contribution >= 0.6 is 0 Å². The van der Waals surface area contributed by atoms with E-state index in [1.807, 2.05) is 6.92 Å². The van der Waals surface area contributed by atoms with Crippen LogP contribution in [0.1, 0.15) is 6.92 Å². The third-order valence-electron chi connectivity index (χ3n) is 3.83. The number of carbonyl (C=O) groups is 1. The normalized spacial score (nSPS) is 18.1. The number of hydrogen-bond donors (Lipinski definition) is 2. The lowest BCUT2D eigenvalue weighted by Crippen LogP contribution is -2.45. The van der Waals surface area contributed by atoms with Crippen LogP contribution in [-0.4, -0.2) is 64.6 Å². The highest BCUT2D eigenvalue weighted by Gasteiger charge is 2.16. The molecule has 0 aromatic carbocycles. The summed E-state index contributed by atoms with van der Waals surface area (Å²) < 4.78 is 20.4. The van der Waals surface area contributed by atoms with E-state index in [2.05, 4.69) is 25.6 Å². The fraction of sp³-hybridized carbons (Fsp3) is 0.438. The highest BCUT2D eigenvalue weighted by Crippen LogP contribution is 2.11. The molecule has 0 saturated carbocycles. The molecule has 0 radical (unpaired) electrons. The second-order valence-electron chi connectivity index (χ2n) is 5.82. The van der Waals surface area contributed by atoms with Crippen LogP contribution < -0.4 is 10.6 Å². The molecule has 1 unspecified atom stereocenters. The Hall–Kier alpha value is -2.52. The molecule has 9 heteroatoms. The van der Waals surface area contributed by atoms with E-state index in [1.54, 1.807) is 6.07 Å². The van der Waals surface area contributed by atoms with Gasteiger partial charge in [0.05, 0.1) is 12.7 Å². The average Bonchev–Trinajstić information content (AvgIpc) is 3.03. The van der Waals surface area contributed by atoms with Gasteiger partial charge in [0, 0.05) is 44.6 Å². The Labute approximate surface area is 145 Å². The van der Waals surface area contributed by atoms with Gasteiger partial charge < -0.3 is 10.1 Å². The minimum Gasteiger partial charge on any atom is -0.376 e. The molecular weight excluding hydrogens is 327 g/mol. The molecule has 3 heterocycles. The SMILES string of the molecule is CC1CN(CCNC(=O)Nc2ccn(-c3ncccc3F)n2)CCO1. The fourth-order valence-corrected chi connectivity index (χ4v) is 2.64. The van der Waals surface area contributed by atoms with Crippen LogP contribution in [0.5, 0.6) is 0 Å². The van der Waals surface area contributed by atoms with Crippen molar-refractivity contribution in [3.05, 3.63) is 36.4 Å². The number of aromatic nitrogens is 3. The van der Waals surface area contributed by atoms with Crippen LogP contribution in [0, 0.1) is 5.82 Å². The molecule has 1 saturated heterocycles. The zero-order valence-electron chi connectivity index (χ0n) is 14.0. The van der Waals surface area contributed by atoms with E-state index in [0.29, 0.717) is 12.4 Å². The van der Waals surface area contributed by atoms with Crippen molar-refractivity contribution in [2.45, 2.75) is 13.0 Å². The lowest BCUT2D eigenvalue weighted by atomic mass is 10.3. The topological polar surface area (TPSA) is 84.3 Å². The molecule has 0 spiro atoms. The largest absolute Gasteiger partial charge is 0.376 e. The summed E-state index contributed by atoms with van der Waals surface area (Å²) in [5, 5.41) is 9.51. The van der Waals surface area contributed by atoms with Gasteiger partial charge in [-0.15, -0.1) is 5.10 Å². The van der Waals surface area contributed by atoms with E-state index in [9.17, 15) is 9.18 Å². The van der Waals surface area contributed by atoms with Crippen LogP contribution in [0.4, 0.5) is 15.0 Å². The maximum atomic E-state index is 13.7. The van der Waals surface area contributed by atoms with Gasteiger partial charge in [-0.25, -0.2) is 18.9 Å². The maximum Gasteiger partial charge on any atom is 0.320 e. The summed E-state index contributed by atoms with van der Waals surface area (Å²) in [6.07, 6.45) is 3.24. The van der Waals surface area contributed by atoms with Crippen molar-refractivity contribution in [3.8, 4) is 5.82 Å². The van der Waals surface area contributed by atoms with E-state index in [-0.39, 0.29) is 18.0 Å². The van der Waals surface area contributed by atoms with Crippen LogP contribution in [0.25, 0.3) is 5.82 Å². The molecule has 2 aromatic heterocycles. The summed E-state index contributed by atoms with van der Waals surface area (Å²) in [6.45, 7) is 5.77. The Morgan fingerprint density at radius 2 is 2.36 bits per heavy atom. The number of carbonyl (C=O) groups excluding carboxylic acids is 1. The van der Waals surface area contributed by atoms with Crippen LogP contribution in [0.15, 0.2) is 30.6 Å². The summed E-state index contributed by atoms with van der Waals surface area (Å²) in [7, 11) is 0. The zero-order chi connectivity index (χ0) is 17.6. The highest BCUT2D eigenvalue weighted by molar-refractivity contribution is 5.88. The smallest absolute Gasteiger partial charge is 0.320 e. The van der Waals surface area contributed by atoms with E-state index in [1.165, 1.54) is 29.2 Å². The van der Waals surface area contributed by atoms with Crippen molar-refractivity contribution < 1.29 is 13.9 Å². The summed E-state index contributed by atoms with van der Waals surface area (Å²) in [6, 6.07) is 4.03. The number of nitrogens with zero attached hydrogens (tertiary/aromatic N) is 4. The van der Waals surface area contributed by atoms with E-state index in [4.69, 9.17) is 4.74 Å².